The van der Waals surface area contributed by atoms with Crippen LogP contribution in [-0.2, 0) is 9.59 Å². The summed E-state index contributed by atoms with van der Waals surface area (Å²) in [6.45, 7) is 10.1. The lowest BCUT2D eigenvalue weighted by atomic mass is 10.0. The molecule has 0 aromatic heterocycles. The minimum Gasteiger partial charge on any atom is -0.349 e. The van der Waals surface area contributed by atoms with Gasteiger partial charge in [-0.3, -0.25) is 9.59 Å². The Morgan fingerprint density at radius 3 is 2.04 bits per heavy atom. The Bertz CT molecular complexity index is 761. The van der Waals surface area contributed by atoms with Crippen molar-refractivity contribution < 1.29 is 9.59 Å². The lowest BCUT2D eigenvalue weighted by Crippen LogP contribution is -2.36. The third kappa shape index (κ3) is 5.19. The Balaban J connectivity index is 2.26. The zero-order chi connectivity index (χ0) is 19.3. The summed E-state index contributed by atoms with van der Waals surface area (Å²) in [6.07, 6.45) is 0.226. The van der Waals surface area contributed by atoms with Crippen molar-refractivity contribution in [2.24, 2.45) is 0 Å². The molecule has 2 aromatic carbocycles. The number of nitrogens with one attached hydrogen (secondary N) is 1. The first kappa shape index (κ1) is 19.7. The van der Waals surface area contributed by atoms with Gasteiger partial charge in [-0.1, -0.05) is 35.9 Å². The van der Waals surface area contributed by atoms with Gasteiger partial charge in [0.1, 0.15) is 0 Å². The first-order valence-corrected chi connectivity index (χ1v) is 9.02. The third-order valence-corrected chi connectivity index (χ3v) is 4.37. The summed E-state index contributed by atoms with van der Waals surface area (Å²) in [7, 11) is 0. The van der Waals surface area contributed by atoms with Crippen molar-refractivity contribution in [1.82, 2.24) is 5.32 Å². The lowest BCUT2D eigenvalue weighted by Gasteiger charge is -2.25. The highest BCUT2D eigenvalue weighted by Crippen LogP contribution is 2.23. The van der Waals surface area contributed by atoms with Crippen LogP contribution >= 0.6 is 0 Å². The van der Waals surface area contributed by atoms with Gasteiger partial charge in [0.25, 0.3) is 0 Å². The fourth-order valence-electron chi connectivity index (χ4n) is 3.19. The molecule has 0 bridgehead atoms. The molecule has 26 heavy (non-hydrogen) atoms. The Morgan fingerprint density at radius 2 is 1.54 bits per heavy atom. The molecule has 0 radical (unpaired) electrons. The number of amides is 2. The summed E-state index contributed by atoms with van der Waals surface area (Å²) in [5, 5.41) is 2.91. The smallest absolute Gasteiger partial charge is 0.229 e. The van der Waals surface area contributed by atoms with Crippen LogP contribution in [0, 0.1) is 20.8 Å². The summed E-state index contributed by atoms with van der Waals surface area (Å²) < 4.78 is 0. The van der Waals surface area contributed by atoms with E-state index in [-0.39, 0.29) is 24.3 Å². The Hall–Kier alpha value is -2.62. The van der Waals surface area contributed by atoms with E-state index >= 15 is 0 Å². The molecule has 0 unspecified atom stereocenters. The van der Waals surface area contributed by atoms with Gasteiger partial charge in [0.2, 0.25) is 11.8 Å². The highest BCUT2D eigenvalue weighted by Gasteiger charge is 2.22. The molecule has 0 aliphatic rings. The highest BCUT2D eigenvalue weighted by molar-refractivity contribution is 5.94. The number of anilines is 1. The number of carbonyl (C=O) groups excluding carboxylic acids is 2. The first-order chi connectivity index (χ1) is 12.3. The Kier molecular flexibility index (Phi) is 6.56. The molecule has 0 aliphatic heterocycles. The van der Waals surface area contributed by atoms with Crippen LogP contribution in [0.2, 0.25) is 0 Å². The summed E-state index contributed by atoms with van der Waals surface area (Å²) in [5.74, 6) is -0.144. The van der Waals surface area contributed by atoms with Crippen molar-refractivity contribution in [2.45, 2.75) is 47.1 Å². The van der Waals surface area contributed by atoms with Gasteiger partial charge in [-0.15, -0.1) is 0 Å². The maximum Gasteiger partial charge on any atom is 0.229 e. The minimum atomic E-state index is -0.333. The number of aryl methyl sites for hydroxylation is 3. The number of carbonyl (C=O) groups is 2. The summed E-state index contributed by atoms with van der Waals surface area (Å²) in [4.78, 5) is 26.4. The molecule has 0 aliphatic carbocycles. The molecule has 2 amide bonds. The van der Waals surface area contributed by atoms with Crippen molar-refractivity contribution >= 4 is 17.5 Å². The molecule has 2 aromatic rings. The largest absolute Gasteiger partial charge is 0.349 e. The molecule has 0 saturated carbocycles. The van der Waals surface area contributed by atoms with Gasteiger partial charge in [-0.2, -0.15) is 0 Å². The van der Waals surface area contributed by atoms with E-state index < -0.39 is 0 Å². The number of rotatable bonds is 6. The second kappa shape index (κ2) is 8.65. The number of benzene rings is 2. The van der Waals surface area contributed by atoms with E-state index in [1.54, 1.807) is 4.90 Å². The summed E-state index contributed by atoms with van der Waals surface area (Å²) in [5.41, 5.74) is 5.24. The van der Waals surface area contributed by atoms with Crippen LogP contribution in [0.25, 0.3) is 0 Å². The minimum absolute atomic E-state index is 0.00294. The van der Waals surface area contributed by atoms with Crippen LogP contribution in [0.5, 0.6) is 0 Å². The molecule has 0 spiro atoms. The Labute approximate surface area is 156 Å². The molecule has 2 rings (SSSR count). The third-order valence-electron chi connectivity index (χ3n) is 4.37. The molecule has 0 fully saturated rings. The first-order valence-electron chi connectivity index (χ1n) is 9.02. The average molecular weight is 352 g/mol. The normalized spacial score (nSPS) is 11.7. The van der Waals surface area contributed by atoms with Crippen LogP contribution in [0.15, 0.2) is 42.5 Å². The van der Waals surface area contributed by atoms with Crippen molar-refractivity contribution in [2.75, 3.05) is 11.4 Å². The van der Waals surface area contributed by atoms with Gasteiger partial charge in [-0.05, 0) is 56.5 Å². The zero-order valence-corrected chi connectivity index (χ0v) is 16.3. The van der Waals surface area contributed by atoms with Crippen molar-refractivity contribution in [3.63, 3.8) is 0 Å². The SMILES string of the molecule is CCN(C(=O)C[C@H](NC(C)=O)c1ccc(C)cc1)c1cc(C)cc(C)c1. The fourth-order valence-corrected chi connectivity index (χ4v) is 3.19. The fraction of sp³-hybridized carbons (Fsp3) is 0.364. The van der Waals surface area contributed by atoms with Gasteiger partial charge in [0.15, 0.2) is 0 Å². The Morgan fingerprint density at radius 1 is 0.962 bits per heavy atom. The van der Waals surface area contributed by atoms with Crippen molar-refractivity contribution in [1.29, 1.82) is 0 Å². The lowest BCUT2D eigenvalue weighted by molar-refractivity contribution is -0.121. The quantitative estimate of drug-likeness (QED) is 0.846. The van der Waals surface area contributed by atoms with E-state index in [4.69, 9.17) is 0 Å². The molecular formula is C22H28N2O2. The molecule has 4 heteroatoms. The second-order valence-electron chi connectivity index (χ2n) is 6.85. The van der Waals surface area contributed by atoms with E-state index in [1.165, 1.54) is 6.92 Å². The molecule has 0 heterocycles. The van der Waals surface area contributed by atoms with Gasteiger partial charge >= 0.3 is 0 Å². The molecular weight excluding hydrogens is 324 g/mol. The number of hydrogen-bond acceptors (Lipinski definition) is 2. The standard InChI is InChI=1S/C22H28N2O2/c1-6-24(20-12-16(3)11-17(4)13-20)22(26)14-21(23-18(5)25)19-9-7-15(2)8-10-19/h7-13,21H,6,14H2,1-5H3,(H,23,25)/t21-/m0/s1. The van der Waals surface area contributed by atoms with Crippen LogP contribution in [0.3, 0.4) is 0 Å². The predicted molar refractivity (Wildman–Crippen MR) is 106 cm³/mol. The van der Waals surface area contributed by atoms with Gasteiger partial charge in [0, 0.05) is 19.2 Å². The van der Waals surface area contributed by atoms with Crippen molar-refractivity contribution in [3.8, 4) is 0 Å². The van der Waals surface area contributed by atoms with Crippen LogP contribution in [0.1, 0.15) is 48.6 Å². The highest BCUT2D eigenvalue weighted by atomic mass is 16.2. The van der Waals surface area contributed by atoms with E-state index in [2.05, 4.69) is 11.4 Å². The molecule has 0 saturated heterocycles. The van der Waals surface area contributed by atoms with Gasteiger partial charge < -0.3 is 10.2 Å². The van der Waals surface area contributed by atoms with E-state index in [9.17, 15) is 9.59 Å². The van der Waals surface area contributed by atoms with E-state index in [0.29, 0.717) is 6.54 Å². The summed E-state index contributed by atoms with van der Waals surface area (Å²) in [6, 6.07) is 13.7. The summed E-state index contributed by atoms with van der Waals surface area (Å²) >= 11 is 0. The number of hydrogen-bond donors (Lipinski definition) is 1. The molecule has 4 nitrogen and oxygen atoms in total. The van der Waals surface area contributed by atoms with E-state index in [1.807, 2.05) is 64.1 Å². The number of nitrogens with zero attached hydrogens (tertiary/aromatic N) is 1. The topological polar surface area (TPSA) is 49.4 Å². The second-order valence-corrected chi connectivity index (χ2v) is 6.85. The van der Waals surface area contributed by atoms with Gasteiger partial charge in [0.05, 0.1) is 12.5 Å². The van der Waals surface area contributed by atoms with Crippen LogP contribution in [-0.4, -0.2) is 18.4 Å². The monoisotopic (exact) mass is 352 g/mol. The van der Waals surface area contributed by atoms with Crippen LogP contribution < -0.4 is 10.2 Å². The van der Waals surface area contributed by atoms with Crippen LogP contribution in [0.4, 0.5) is 5.69 Å². The molecule has 1 atom stereocenters. The molecule has 138 valence electrons. The van der Waals surface area contributed by atoms with E-state index in [0.717, 1.165) is 27.9 Å². The predicted octanol–water partition coefficient (Wildman–Crippen LogP) is 4.23. The maximum absolute atomic E-state index is 13.0. The average Bonchev–Trinajstić information content (AvgIpc) is 2.54. The maximum atomic E-state index is 13.0. The van der Waals surface area contributed by atoms with Crippen molar-refractivity contribution in [3.05, 3.63) is 64.7 Å². The zero-order valence-electron chi connectivity index (χ0n) is 16.3. The van der Waals surface area contributed by atoms with Gasteiger partial charge in [-0.25, -0.2) is 0 Å². The molecule has 1 N–H and O–H groups in total.